The molecule has 1 aliphatic rings. The monoisotopic (exact) mass is 333 g/mol. The van der Waals surface area contributed by atoms with E-state index in [1.54, 1.807) is 12.3 Å². The Morgan fingerprint density at radius 1 is 1.04 bits per heavy atom. The second-order valence-electron chi connectivity index (χ2n) is 5.71. The molecule has 2 N–H and O–H groups in total. The van der Waals surface area contributed by atoms with Crippen LogP contribution in [0.25, 0.3) is 6.08 Å². The lowest BCUT2D eigenvalue weighted by Gasteiger charge is -2.11. The average Bonchev–Trinajstić information content (AvgIpc) is 2.96. The molecule has 0 saturated carbocycles. The van der Waals surface area contributed by atoms with E-state index in [0.717, 1.165) is 16.8 Å². The van der Waals surface area contributed by atoms with Gasteiger partial charge < -0.3 is 4.90 Å². The number of hydrazone groups is 1. The van der Waals surface area contributed by atoms with Crippen LogP contribution < -0.4 is 15.6 Å². The first-order chi connectivity index (χ1) is 12.1. The lowest BCUT2D eigenvalue weighted by Crippen LogP contribution is -2.33. The molecule has 25 heavy (non-hydrogen) atoms. The smallest absolute Gasteiger partial charge is 0.276 e. The largest absolute Gasteiger partial charge is 0.378 e. The van der Waals surface area contributed by atoms with Crippen LogP contribution in [0.4, 0.5) is 5.69 Å². The number of hydrogen-bond donors (Lipinski definition) is 2. The van der Waals surface area contributed by atoms with Crippen LogP contribution in [0.5, 0.6) is 0 Å². The number of nitrogens with one attached hydrogen (secondary N) is 2. The number of guanidine groups is 1. The summed E-state index contributed by atoms with van der Waals surface area (Å²) in [7, 11) is 3.96. The van der Waals surface area contributed by atoms with Gasteiger partial charge in [0.05, 0.1) is 6.21 Å². The summed E-state index contributed by atoms with van der Waals surface area (Å²) in [5.41, 5.74) is 6.05. The van der Waals surface area contributed by atoms with Crippen LogP contribution in [0, 0.1) is 0 Å². The van der Waals surface area contributed by atoms with Crippen LogP contribution in [0.1, 0.15) is 11.1 Å². The Hall–Kier alpha value is -3.41. The minimum atomic E-state index is -0.255. The summed E-state index contributed by atoms with van der Waals surface area (Å²) in [6.45, 7) is 0. The third kappa shape index (κ3) is 4.32. The minimum absolute atomic E-state index is 0.255. The molecule has 0 radical (unpaired) electrons. The van der Waals surface area contributed by atoms with Crippen molar-refractivity contribution >= 4 is 29.8 Å². The lowest BCUT2D eigenvalue weighted by atomic mass is 10.1. The molecule has 126 valence electrons. The summed E-state index contributed by atoms with van der Waals surface area (Å²) < 4.78 is 0. The zero-order valence-electron chi connectivity index (χ0n) is 14.1. The second-order valence-corrected chi connectivity index (χ2v) is 5.71. The van der Waals surface area contributed by atoms with Gasteiger partial charge >= 0.3 is 0 Å². The standard InChI is InChI=1S/C19H19N5O/c1-24(2)16-10-8-14(9-11-16)12-17-18(25)22-19(21-17)23-20-13-15-6-4-3-5-7-15/h3-13H,1-2H3,(H2,21,22,23,25)/b17-12-,20-13+. The van der Waals surface area contributed by atoms with E-state index in [2.05, 4.69) is 20.8 Å². The van der Waals surface area contributed by atoms with Gasteiger partial charge in [-0.05, 0) is 29.3 Å². The molecule has 3 rings (SSSR count). The first-order valence-electron chi connectivity index (χ1n) is 7.85. The van der Waals surface area contributed by atoms with Gasteiger partial charge in [-0.1, -0.05) is 42.5 Å². The van der Waals surface area contributed by atoms with Crippen molar-refractivity contribution in [3.8, 4) is 0 Å². The SMILES string of the molecule is CN(C)c1ccc(/C=C2\N=C(N/N=C/c3ccccc3)NC2=O)cc1. The van der Waals surface area contributed by atoms with Gasteiger partial charge in [0, 0.05) is 19.8 Å². The van der Waals surface area contributed by atoms with E-state index in [1.807, 2.05) is 73.6 Å². The molecule has 1 aliphatic heterocycles. The van der Waals surface area contributed by atoms with Gasteiger partial charge in [-0.15, -0.1) is 0 Å². The van der Waals surface area contributed by atoms with Gasteiger partial charge in [0.2, 0.25) is 5.96 Å². The summed E-state index contributed by atoms with van der Waals surface area (Å²) in [5, 5.41) is 6.73. The van der Waals surface area contributed by atoms with Gasteiger partial charge in [-0.25, -0.2) is 10.4 Å². The molecule has 6 heteroatoms. The van der Waals surface area contributed by atoms with Crippen LogP contribution in [0.2, 0.25) is 0 Å². The molecule has 2 aromatic carbocycles. The van der Waals surface area contributed by atoms with Crippen molar-refractivity contribution in [1.29, 1.82) is 0 Å². The molecule has 0 atom stereocenters. The minimum Gasteiger partial charge on any atom is -0.378 e. The van der Waals surface area contributed by atoms with Gasteiger partial charge in [-0.3, -0.25) is 10.1 Å². The summed E-state index contributed by atoms with van der Waals surface area (Å²) in [5.74, 6) is 0.0578. The first kappa shape index (κ1) is 16.4. The Morgan fingerprint density at radius 3 is 2.44 bits per heavy atom. The van der Waals surface area contributed by atoms with Crippen molar-refractivity contribution in [3.05, 3.63) is 71.4 Å². The zero-order chi connectivity index (χ0) is 17.6. The van der Waals surface area contributed by atoms with Gasteiger partial charge in [0.1, 0.15) is 5.70 Å². The molecule has 6 nitrogen and oxygen atoms in total. The van der Waals surface area contributed by atoms with Crippen LogP contribution in [0.15, 0.2) is 70.4 Å². The van der Waals surface area contributed by atoms with Crippen molar-refractivity contribution in [2.24, 2.45) is 10.1 Å². The molecular weight excluding hydrogens is 314 g/mol. The number of anilines is 1. The van der Waals surface area contributed by atoms with E-state index in [-0.39, 0.29) is 5.91 Å². The molecule has 1 amide bonds. The summed E-state index contributed by atoms with van der Waals surface area (Å²) in [4.78, 5) is 18.3. The van der Waals surface area contributed by atoms with Crippen LogP contribution in [0.3, 0.4) is 0 Å². The second kappa shape index (κ2) is 7.44. The Balaban J connectivity index is 1.68. The summed E-state index contributed by atoms with van der Waals surface area (Å²) >= 11 is 0. The molecule has 0 bridgehead atoms. The zero-order valence-corrected chi connectivity index (χ0v) is 14.1. The number of nitrogens with zero attached hydrogens (tertiary/aromatic N) is 3. The summed E-state index contributed by atoms with van der Waals surface area (Å²) in [6.07, 6.45) is 3.40. The molecular formula is C19H19N5O. The fraction of sp³-hybridized carbons (Fsp3) is 0.105. The number of carbonyl (C=O) groups excluding carboxylic acids is 1. The molecule has 0 spiro atoms. The molecule has 0 saturated heterocycles. The first-order valence-corrected chi connectivity index (χ1v) is 7.85. The Bertz CT molecular complexity index is 836. The van der Waals surface area contributed by atoms with Crippen LogP contribution in [-0.4, -0.2) is 32.2 Å². The van der Waals surface area contributed by atoms with Crippen molar-refractivity contribution < 1.29 is 4.79 Å². The van der Waals surface area contributed by atoms with Gasteiger partial charge in [0.25, 0.3) is 5.91 Å². The van der Waals surface area contributed by atoms with Crippen molar-refractivity contribution in [2.75, 3.05) is 19.0 Å². The fourth-order valence-corrected chi connectivity index (χ4v) is 2.26. The third-order valence-corrected chi connectivity index (χ3v) is 3.59. The molecule has 1 heterocycles. The number of carbonyl (C=O) groups is 1. The molecule has 2 aromatic rings. The maximum Gasteiger partial charge on any atom is 0.276 e. The van der Waals surface area contributed by atoms with Crippen molar-refractivity contribution in [2.45, 2.75) is 0 Å². The van der Waals surface area contributed by atoms with Crippen molar-refractivity contribution in [3.63, 3.8) is 0 Å². The maximum absolute atomic E-state index is 12.0. The Morgan fingerprint density at radius 2 is 1.76 bits per heavy atom. The number of benzene rings is 2. The molecule has 0 unspecified atom stereocenters. The topological polar surface area (TPSA) is 69.1 Å². The lowest BCUT2D eigenvalue weighted by molar-refractivity contribution is -0.115. The van der Waals surface area contributed by atoms with Crippen LogP contribution >= 0.6 is 0 Å². The van der Waals surface area contributed by atoms with E-state index in [0.29, 0.717) is 11.7 Å². The Labute approximate surface area is 146 Å². The molecule has 0 aliphatic carbocycles. The quantitative estimate of drug-likeness (QED) is 0.512. The highest BCUT2D eigenvalue weighted by Gasteiger charge is 2.19. The average molecular weight is 333 g/mol. The molecule has 0 aromatic heterocycles. The van der Waals surface area contributed by atoms with Gasteiger partial charge in [-0.2, -0.15) is 5.10 Å². The third-order valence-electron chi connectivity index (χ3n) is 3.59. The summed E-state index contributed by atoms with van der Waals surface area (Å²) in [6, 6.07) is 17.5. The predicted octanol–water partition coefficient (Wildman–Crippen LogP) is 2.20. The number of hydrogen-bond acceptors (Lipinski definition) is 5. The van der Waals surface area contributed by atoms with E-state index >= 15 is 0 Å². The highest BCUT2D eigenvalue weighted by molar-refractivity contribution is 6.13. The highest BCUT2D eigenvalue weighted by Crippen LogP contribution is 2.16. The fourth-order valence-electron chi connectivity index (χ4n) is 2.26. The number of aliphatic imine (C=N–C) groups is 1. The number of amides is 1. The van der Waals surface area contributed by atoms with E-state index in [1.165, 1.54) is 0 Å². The van der Waals surface area contributed by atoms with E-state index in [4.69, 9.17) is 0 Å². The van der Waals surface area contributed by atoms with Crippen molar-refractivity contribution in [1.82, 2.24) is 10.7 Å². The van der Waals surface area contributed by atoms with Crippen LogP contribution in [-0.2, 0) is 4.79 Å². The Kier molecular flexibility index (Phi) is 4.89. The molecule has 0 fully saturated rings. The maximum atomic E-state index is 12.0. The van der Waals surface area contributed by atoms with E-state index in [9.17, 15) is 4.79 Å². The highest BCUT2D eigenvalue weighted by atomic mass is 16.2. The predicted molar refractivity (Wildman–Crippen MR) is 101 cm³/mol. The van der Waals surface area contributed by atoms with Gasteiger partial charge in [0.15, 0.2) is 0 Å². The van der Waals surface area contributed by atoms with E-state index < -0.39 is 0 Å². The normalized spacial score (nSPS) is 15.4. The number of rotatable bonds is 4.